The predicted molar refractivity (Wildman–Crippen MR) is 122 cm³/mol. The van der Waals surface area contributed by atoms with Crippen molar-refractivity contribution in [1.82, 2.24) is 4.90 Å². The minimum Gasteiger partial charge on any atom is -0.462 e. The molecule has 0 aliphatic carbocycles. The Morgan fingerprint density at radius 2 is 1.67 bits per heavy atom. The first-order chi connectivity index (χ1) is 14.6. The van der Waals surface area contributed by atoms with Gasteiger partial charge < -0.3 is 10.1 Å². The second kappa shape index (κ2) is 10.7. The van der Waals surface area contributed by atoms with E-state index in [2.05, 4.69) is 10.2 Å². The third kappa shape index (κ3) is 5.55. The average Bonchev–Trinajstić information content (AvgIpc) is 3.18. The number of nitrogens with one attached hydrogen (secondary N) is 1. The highest BCUT2D eigenvalue weighted by Crippen LogP contribution is 2.36. The fraction of sp³-hybridized carbons (Fsp3) is 0.250. The Balaban J connectivity index is 1.77. The summed E-state index contributed by atoms with van der Waals surface area (Å²) in [4.78, 5) is 27.5. The van der Waals surface area contributed by atoms with Crippen LogP contribution in [0.4, 0.5) is 5.00 Å². The molecule has 0 aliphatic rings. The zero-order chi connectivity index (χ0) is 21.3. The zero-order valence-corrected chi connectivity index (χ0v) is 18.1. The van der Waals surface area contributed by atoms with E-state index in [9.17, 15) is 9.59 Å². The van der Waals surface area contributed by atoms with Crippen molar-refractivity contribution < 1.29 is 14.3 Å². The number of likely N-dealkylation sites (N-methyl/N-ethyl adjacent to an activating group) is 1. The minimum atomic E-state index is -0.426. The van der Waals surface area contributed by atoms with Crippen molar-refractivity contribution in [3.63, 3.8) is 0 Å². The van der Waals surface area contributed by atoms with E-state index in [1.165, 1.54) is 11.3 Å². The van der Waals surface area contributed by atoms with E-state index in [0.717, 1.165) is 23.2 Å². The minimum absolute atomic E-state index is 0.153. The maximum atomic E-state index is 12.8. The number of amides is 1. The summed E-state index contributed by atoms with van der Waals surface area (Å²) in [5.74, 6) is -0.579. The normalized spacial score (nSPS) is 10.8. The molecular formula is C24H26N2O3S. The van der Waals surface area contributed by atoms with E-state index in [0.29, 0.717) is 17.1 Å². The van der Waals surface area contributed by atoms with Gasteiger partial charge in [-0.1, -0.05) is 67.6 Å². The summed E-state index contributed by atoms with van der Waals surface area (Å²) in [6.45, 7) is 5.75. The molecule has 2 aromatic carbocycles. The van der Waals surface area contributed by atoms with E-state index in [1.807, 2.05) is 73.0 Å². The van der Waals surface area contributed by atoms with Crippen LogP contribution in [-0.4, -0.2) is 36.5 Å². The number of benzene rings is 2. The number of carbonyl (C=O) groups is 2. The summed E-state index contributed by atoms with van der Waals surface area (Å²) in [6.07, 6.45) is 0. The molecule has 0 saturated heterocycles. The molecule has 1 aromatic heterocycles. The van der Waals surface area contributed by atoms with Gasteiger partial charge in [-0.05, 0) is 24.6 Å². The van der Waals surface area contributed by atoms with E-state index in [1.54, 1.807) is 6.92 Å². The van der Waals surface area contributed by atoms with Crippen LogP contribution < -0.4 is 5.32 Å². The lowest BCUT2D eigenvalue weighted by Crippen LogP contribution is -2.32. The molecule has 30 heavy (non-hydrogen) atoms. The van der Waals surface area contributed by atoms with Gasteiger partial charge in [-0.15, -0.1) is 11.3 Å². The summed E-state index contributed by atoms with van der Waals surface area (Å²) in [5.41, 5.74) is 3.25. The van der Waals surface area contributed by atoms with Crippen molar-refractivity contribution in [2.24, 2.45) is 0 Å². The van der Waals surface area contributed by atoms with Gasteiger partial charge in [0.1, 0.15) is 10.6 Å². The lowest BCUT2D eigenvalue weighted by Gasteiger charge is -2.20. The van der Waals surface area contributed by atoms with E-state index in [-0.39, 0.29) is 19.1 Å². The molecule has 6 heteroatoms. The van der Waals surface area contributed by atoms with Crippen LogP contribution in [-0.2, 0) is 16.1 Å². The SMILES string of the molecule is CCOC(=O)c1c(-c2ccccc2)csc1NC(=O)CN(CC)Cc1ccccc1. The zero-order valence-electron chi connectivity index (χ0n) is 17.3. The van der Waals surface area contributed by atoms with Crippen molar-refractivity contribution in [2.75, 3.05) is 25.0 Å². The molecule has 156 valence electrons. The molecule has 1 heterocycles. The third-order valence-corrected chi connectivity index (χ3v) is 5.57. The molecule has 0 fully saturated rings. The Morgan fingerprint density at radius 1 is 1.00 bits per heavy atom. The average molecular weight is 423 g/mol. The number of anilines is 1. The molecule has 3 rings (SSSR count). The Hall–Kier alpha value is -2.96. The van der Waals surface area contributed by atoms with Gasteiger partial charge in [0.25, 0.3) is 0 Å². The monoisotopic (exact) mass is 422 g/mol. The van der Waals surface area contributed by atoms with Crippen molar-refractivity contribution in [3.05, 3.63) is 77.2 Å². The van der Waals surface area contributed by atoms with Gasteiger partial charge in [0.05, 0.1) is 13.2 Å². The van der Waals surface area contributed by atoms with Gasteiger partial charge in [0.2, 0.25) is 5.91 Å². The van der Waals surface area contributed by atoms with Crippen LogP contribution in [0.3, 0.4) is 0 Å². The maximum absolute atomic E-state index is 12.8. The third-order valence-electron chi connectivity index (χ3n) is 4.67. The lowest BCUT2D eigenvalue weighted by atomic mass is 10.0. The number of rotatable bonds is 9. The second-order valence-electron chi connectivity index (χ2n) is 6.78. The number of carbonyl (C=O) groups excluding carboxylic acids is 2. The summed E-state index contributed by atoms with van der Waals surface area (Å²) in [6, 6.07) is 19.7. The molecule has 5 nitrogen and oxygen atoms in total. The highest BCUT2D eigenvalue weighted by molar-refractivity contribution is 7.15. The van der Waals surface area contributed by atoms with E-state index < -0.39 is 5.97 Å². The van der Waals surface area contributed by atoms with Gasteiger partial charge in [-0.2, -0.15) is 0 Å². The predicted octanol–water partition coefficient (Wildman–Crippen LogP) is 5.05. The van der Waals surface area contributed by atoms with E-state index in [4.69, 9.17) is 4.74 Å². The molecule has 1 amide bonds. The van der Waals surface area contributed by atoms with Gasteiger partial charge in [-0.3, -0.25) is 9.69 Å². The number of esters is 1. The van der Waals surface area contributed by atoms with Crippen LogP contribution in [0.5, 0.6) is 0 Å². The van der Waals surface area contributed by atoms with Gasteiger partial charge in [0, 0.05) is 17.5 Å². The van der Waals surface area contributed by atoms with Crippen LogP contribution in [0, 0.1) is 0 Å². The highest BCUT2D eigenvalue weighted by Gasteiger charge is 2.23. The number of hydrogen-bond acceptors (Lipinski definition) is 5. The van der Waals surface area contributed by atoms with Gasteiger partial charge >= 0.3 is 5.97 Å². The van der Waals surface area contributed by atoms with Crippen LogP contribution in [0.1, 0.15) is 29.8 Å². The Labute approximate surface area is 181 Å². The first-order valence-electron chi connectivity index (χ1n) is 10.0. The molecule has 0 spiro atoms. The first-order valence-corrected chi connectivity index (χ1v) is 10.9. The Kier molecular flexibility index (Phi) is 7.76. The summed E-state index contributed by atoms with van der Waals surface area (Å²) < 4.78 is 5.26. The van der Waals surface area contributed by atoms with Gasteiger partial charge in [0.15, 0.2) is 0 Å². The van der Waals surface area contributed by atoms with Crippen LogP contribution in [0.2, 0.25) is 0 Å². The van der Waals surface area contributed by atoms with Crippen LogP contribution >= 0.6 is 11.3 Å². The molecule has 3 aromatic rings. The van der Waals surface area contributed by atoms with Crippen LogP contribution in [0.25, 0.3) is 11.1 Å². The fourth-order valence-electron chi connectivity index (χ4n) is 3.18. The Morgan fingerprint density at radius 3 is 2.30 bits per heavy atom. The number of ether oxygens (including phenoxy) is 1. The molecular weight excluding hydrogens is 396 g/mol. The topological polar surface area (TPSA) is 58.6 Å². The first kappa shape index (κ1) is 21.7. The molecule has 0 saturated carbocycles. The number of thiophene rings is 1. The highest BCUT2D eigenvalue weighted by atomic mass is 32.1. The van der Waals surface area contributed by atoms with Crippen LogP contribution in [0.15, 0.2) is 66.0 Å². The van der Waals surface area contributed by atoms with Gasteiger partial charge in [-0.25, -0.2) is 4.79 Å². The van der Waals surface area contributed by atoms with Crippen molar-refractivity contribution in [2.45, 2.75) is 20.4 Å². The summed E-state index contributed by atoms with van der Waals surface area (Å²) in [7, 11) is 0. The molecule has 0 radical (unpaired) electrons. The quantitative estimate of drug-likeness (QED) is 0.490. The molecule has 1 N–H and O–H groups in total. The maximum Gasteiger partial charge on any atom is 0.341 e. The number of hydrogen-bond donors (Lipinski definition) is 1. The standard InChI is InChI=1S/C24H26N2O3S/c1-3-26(15-18-11-7-5-8-12-18)16-21(27)25-23-22(24(28)29-4-2)20(17-30-23)19-13-9-6-10-14-19/h5-14,17H,3-4,15-16H2,1-2H3,(H,25,27). The van der Waals surface area contributed by atoms with E-state index >= 15 is 0 Å². The largest absolute Gasteiger partial charge is 0.462 e. The van der Waals surface area contributed by atoms with Crippen molar-refractivity contribution in [3.8, 4) is 11.1 Å². The van der Waals surface area contributed by atoms with Crippen molar-refractivity contribution >= 4 is 28.2 Å². The Bertz CT molecular complexity index is 971. The second-order valence-corrected chi connectivity index (χ2v) is 7.66. The smallest absolute Gasteiger partial charge is 0.341 e. The summed E-state index contributed by atoms with van der Waals surface area (Å²) >= 11 is 1.34. The molecule has 0 aliphatic heterocycles. The van der Waals surface area contributed by atoms with Crippen molar-refractivity contribution in [1.29, 1.82) is 0 Å². The number of nitrogens with zero attached hydrogens (tertiary/aromatic N) is 1. The lowest BCUT2D eigenvalue weighted by molar-refractivity contribution is -0.117. The molecule has 0 bridgehead atoms. The fourth-order valence-corrected chi connectivity index (χ4v) is 4.15. The summed E-state index contributed by atoms with van der Waals surface area (Å²) in [5, 5.41) is 5.34. The molecule has 0 unspecified atom stereocenters. The molecule has 0 atom stereocenters.